The van der Waals surface area contributed by atoms with E-state index in [0.717, 1.165) is 13.0 Å². The molecule has 110 valence electrons. The lowest BCUT2D eigenvalue weighted by atomic mass is 10.2. The first-order valence-corrected chi connectivity index (χ1v) is 8.90. The highest BCUT2D eigenvalue weighted by atomic mass is 32.2. The second-order valence-corrected chi connectivity index (χ2v) is 7.31. The number of rotatable bonds is 9. The van der Waals surface area contributed by atoms with E-state index >= 15 is 0 Å². The maximum absolute atomic E-state index is 11.7. The number of hydrogen-bond acceptors (Lipinski definition) is 3. The fraction of sp³-hybridized carbons (Fsp3) is 0.714. The summed E-state index contributed by atoms with van der Waals surface area (Å²) in [5, 5.41) is 3.42. The summed E-state index contributed by atoms with van der Waals surface area (Å²) in [6, 6.07) is 2.37. The fourth-order valence-electron chi connectivity index (χ4n) is 1.99. The van der Waals surface area contributed by atoms with Crippen LogP contribution in [0.4, 0.5) is 0 Å². The highest BCUT2D eigenvalue weighted by Gasteiger charge is 2.10. The van der Waals surface area contributed by atoms with E-state index < -0.39 is 9.84 Å². The van der Waals surface area contributed by atoms with Gasteiger partial charge in [0.15, 0.2) is 9.84 Å². The molecule has 1 atom stereocenters. The van der Waals surface area contributed by atoms with Crippen molar-refractivity contribution in [3.63, 3.8) is 0 Å². The molecule has 4 nitrogen and oxygen atoms in total. The third kappa shape index (κ3) is 5.78. The standard InChI is InChI=1S/C14H26N2O2S/c1-4-7-15-13(3)14-6-8-16(12-14)9-11-19(17,18)10-5-2/h6,8,12-13,15H,4-5,7,9-11H2,1-3H3. The largest absolute Gasteiger partial charge is 0.353 e. The molecule has 0 bridgehead atoms. The summed E-state index contributed by atoms with van der Waals surface area (Å²) in [7, 11) is -2.89. The molecule has 19 heavy (non-hydrogen) atoms. The minimum atomic E-state index is -2.89. The number of sulfone groups is 1. The van der Waals surface area contributed by atoms with Gasteiger partial charge in [0, 0.05) is 30.7 Å². The van der Waals surface area contributed by atoms with Crippen LogP contribution in [0.3, 0.4) is 0 Å². The maximum Gasteiger partial charge on any atom is 0.152 e. The lowest BCUT2D eigenvalue weighted by molar-refractivity contribution is 0.568. The first-order valence-electron chi connectivity index (χ1n) is 7.08. The summed E-state index contributed by atoms with van der Waals surface area (Å²) in [6.45, 7) is 7.71. The zero-order valence-corrected chi connectivity index (χ0v) is 13.0. The van der Waals surface area contributed by atoms with Gasteiger partial charge >= 0.3 is 0 Å². The minimum Gasteiger partial charge on any atom is -0.353 e. The summed E-state index contributed by atoms with van der Waals surface area (Å²) >= 11 is 0. The zero-order chi connectivity index (χ0) is 14.3. The fourth-order valence-corrected chi connectivity index (χ4v) is 3.31. The van der Waals surface area contributed by atoms with E-state index in [1.807, 2.05) is 23.9 Å². The number of nitrogens with zero attached hydrogens (tertiary/aromatic N) is 1. The number of hydrogen-bond donors (Lipinski definition) is 1. The minimum absolute atomic E-state index is 0.228. The van der Waals surface area contributed by atoms with Crippen molar-refractivity contribution in [2.24, 2.45) is 0 Å². The molecule has 0 saturated heterocycles. The Balaban J connectivity index is 2.51. The molecule has 0 aliphatic heterocycles. The van der Waals surface area contributed by atoms with Crippen molar-refractivity contribution in [2.75, 3.05) is 18.1 Å². The van der Waals surface area contributed by atoms with Gasteiger partial charge < -0.3 is 9.88 Å². The van der Waals surface area contributed by atoms with Crippen LogP contribution in [0.2, 0.25) is 0 Å². The zero-order valence-electron chi connectivity index (χ0n) is 12.2. The molecule has 0 aliphatic carbocycles. The predicted molar refractivity (Wildman–Crippen MR) is 80.1 cm³/mol. The molecule has 1 N–H and O–H groups in total. The van der Waals surface area contributed by atoms with Gasteiger partial charge in [0.05, 0.1) is 5.75 Å². The number of aryl methyl sites for hydroxylation is 1. The van der Waals surface area contributed by atoms with Crippen molar-refractivity contribution in [3.05, 3.63) is 24.0 Å². The predicted octanol–water partition coefficient (Wildman–Crippen LogP) is 2.37. The first-order chi connectivity index (χ1) is 8.98. The molecule has 1 heterocycles. The number of aromatic nitrogens is 1. The SMILES string of the molecule is CCCNC(C)c1ccn(CCS(=O)(=O)CCC)c1. The molecule has 0 aliphatic rings. The van der Waals surface area contributed by atoms with E-state index in [2.05, 4.69) is 25.2 Å². The average Bonchev–Trinajstić information content (AvgIpc) is 2.82. The van der Waals surface area contributed by atoms with Crippen molar-refractivity contribution in [3.8, 4) is 0 Å². The molecular weight excluding hydrogens is 260 g/mol. The third-order valence-electron chi connectivity index (χ3n) is 3.15. The number of nitrogens with one attached hydrogen (secondary N) is 1. The first kappa shape index (κ1) is 16.2. The van der Waals surface area contributed by atoms with Crippen LogP contribution in [-0.4, -0.2) is 31.0 Å². The lowest BCUT2D eigenvalue weighted by Gasteiger charge is -2.11. The molecule has 1 rings (SSSR count). The van der Waals surface area contributed by atoms with Gasteiger partial charge in [-0.1, -0.05) is 13.8 Å². The summed E-state index contributed by atoms with van der Waals surface area (Å²) in [5.41, 5.74) is 1.21. The Bertz CT molecular complexity index is 466. The Morgan fingerprint density at radius 3 is 2.63 bits per heavy atom. The molecule has 0 fully saturated rings. The third-order valence-corrected chi connectivity index (χ3v) is 4.98. The van der Waals surface area contributed by atoms with Gasteiger partial charge in [0.25, 0.3) is 0 Å². The van der Waals surface area contributed by atoms with E-state index in [0.29, 0.717) is 19.0 Å². The smallest absolute Gasteiger partial charge is 0.152 e. The maximum atomic E-state index is 11.7. The molecule has 5 heteroatoms. The second kappa shape index (κ2) is 7.70. The van der Waals surface area contributed by atoms with Crippen LogP contribution in [0.5, 0.6) is 0 Å². The van der Waals surface area contributed by atoms with Gasteiger partial charge in [-0.25, -0.2) is 8.42 Å². The summed E-state index contributed by atoms with van der Waals surface area (Å²) in [4.78, 5) is 0. The highest BCUT2D eigenvalue weighted by molar-refractivity contribution is 7.91. The van der Waals surface area contributed by atoms with Crippen LogP contribution in [0.15, 0.2) is 18.5 Å². The molecule has 1 aromatic rings. The quantitative estimate of drug-likeness (QED) is 0.758. The summed E-state index contributed by atoms with van der Waals surface area (Å²) in [6.07, 6.45) is 5.80. The normalized spacial score (nSPS) is 13.6. The van der Waals surface area contributed by atoms with Gasteiger partial charge in [-0.2, -0.15) is 0 Å². The molecule has 0 radical (unpaired) electrons. The Kier molecular flexibility index (Phi) is 6.58. The Hall–Kier alpha value is -0.810. The topological polar surface area (TPSA) is 51.1 Å². The van der Waals surface area contributed by atoms with Gasteiger partial charge in [0.2, 0.25) is 0 Å². The molecule has 0 amide bonds. The van der Waals surface area contributed by atoms with E-state index in [-0.39, 0.29) is 11.5 Å². The molecular formula is C14H26N2O2S. The van der Waals surface area contributed by atoms with Crippen LogP contribution in [0.1, 0.15) is 45.2 Å². The van der Waals surface area contributed by atoms with Crippen molar-refractivity contribution >= 4 is 9.84 Å². The molecule has 1 unspecified atom stereocenters. The lowest BCUT2D eigenvalue weighted by Crippen LogP contribution is -2.19. The van der Waals surface area contributed by atoms with Crippen LogP contribution in [0, 0.1) is 0 Å². The summed E-state index contributed by atoms with van der Waals surface area (Å²) < 4.78 is 25.3. The molecule has 0 saturated carbocycles. The van der Waals surface area contributed by atoms with Crippen LogP contribution < -0.4 is 5.32 Å². The van der Waals surface area contributed by atoms with E-state index in [1.54, 1.807) is 0 Å². The average molecular weight is 286 g/mol. The Labute approximate surface area is 117 Å². The van der Waals surface area contributed by atoms with Crippen molar-refractivity contribution in [2.45, 2.75) is 46.2 Å². The summed E-state index contributed by atoms with van der Waals surface area (Å²) in [5.74, 6) is 0.515. The van der Waals surface area contributed by atoms with Crippen LogP contribution >= 0.6 is 0 Å². The van der Waals surface area contributed by atoms with Crippen molar-refractivity contribution in [1.29, 1.82) is 0 Å². The van der Waals surface area contributed by atoms with Gasteiger partial charge in [0.1, 0.15) is 0 Å². The van der Waals surface area contributed by atoms with E-state index in [9.17, 15) is 8.42 Å². The van der Waals surface area contributed by atoms with Crippen molar-refractivity contribution < 1.29 is 8.42 Å². The molecule has 0 spiro atoms. The second-order valence-electron chi connectivity index (χ2n) is 5.01. The molecule has 0 aromatic carbocycles. The Morgan fingerprint density at radius 1 is 1.26 bits per heavy atom. The van der Waals surface area contributed by atoms with Crippen LogP contribution in [0.25, 0.3) is 0 Å². The monoisotopic (exact) mass is 286 g/mol. The highest BCUT2D eigenvalue weighted by Crippen LogP contribution is 2.12. The van der Waals surface area contributed by atoms with Gasteiger partial charge in [-0.3, -0.25) is 0 Å². The van der Waals surface area contributed by atoms with Gasteiger partial charge in [-0.15, -0.1) is 0 Å². The van der Waals surface area contributed by atoms with Gasteiger partial charge in [-0.05, 0) is 37.9 Å². The van der Waals surface area contributed by atoms with E-state index in [1.165, 1.54) is 5.56 Å². The Morgan fingerprint density at radius 2 is 2.00 bits per heavy atom. The van der Waals surface area contributed by atoms with Crippen molar-refractivity contribution in [1.82, 2.24) is 9.88 Å². The molecule has 1 aromatic heterocycles. The van der Waals surface area contributed by atoms with Crippen LogP contribution in [-0.2, 0) is 16.4 Å². The van der Waals surface area contributed by atoms with E-state index in [4.69, 9.17) is 0 Å².